The van der Waals surface area contributed by atoms with Gasteiger partial charge in [0.15, 0.2) is 6.61 Å². The summed E-state index contributed by atoms with van der Waals surface area (Å²) in [6, 6.07) is 5.95. The smallest absolute Gasteiger partial charge is 0.257 e. The van der Waals surface area contributed by atoms with E-state index in [4.69, 9.17) is 9.47 Å². The summed E-state index contributed by atoms with van der Waals surface area (Å²) in [5, 5.41) is 6.36. The van der Waals surface area contributed by atoms with Gasteiger partial charge in [0, 0.05) is 19.1 Å². The Kier molecular flexibility index (Phi) is 8.53. The van der Waals surface area contributed by atoms with Crippen molar-refractivity contribution in [2.24, 2.45) is 5.41 Å². The van der Waals surface area contributed by atoms with E-state index in [1.54, 1.807) is 7.11 Å². The maximum atomic E-state index is 12.1. The number of benzene rings is 1. The second-order valence-corrected chi connectivity index (χ2v) is 6.52. The maximum absolute atomic E-state index is 12.1. The van der Waals surface area contributed by atoms with Gasteiger partial charge in [-0.2, -0.15) is 0 Å². The van der Waals surface area contributed by atoms with Crippen LogP contribution in [-0.4, -0.2) is 45.9 Å². The first-order chi connectivity index (χ1) is 11.0. The molecule has 0 saturated carbocycles. The number of ether oxygens (including phenoxy) is 2. The Labute approximate surface area is 150 Å². The summed E-state index contributed by atoms with van der Waals surface area (Å²) >= 11 is 0. The lowest BCUT2D eigenvalue weighted by Gasteiger charge is -2.37. The summed E-state index contributed by atoms with van der Waals surface area (Å²) in [6.07, 6.45) is 2.03. The van der Waals surface area contributed by atoms with Crippen molar-refractivity contribution in [2.45, 2.75) is 26.7 Å². The van der Waals surface area contributed by atoms with Gasteiger partial charge in [-0.3, -0.25) is 4.79 Å². The predicted molar refractivity (Wildman–Crippen MR) is 98.1 cm³/mol. The van der Waals surface area contributed by atoms with Crippen LogP contribution in [0.4, 0.5) is 0 Å². The summed E-state index contributed by atoms with van der Waals surface area (Å²) in [5.41, 5.74) is 2.27. The van der Waals surface area contributed by atoms with E-state index < -0.39 is 0 Å². The van der Waals surface area contributed by atoms with Crippen molar-refractivity contribution in [2.75, 3.05) is 40.0 Å². The average Bonchev–Trinajstić information content (AvgIpc) is 2.53. The second-order valence-electron chi connectivity index (χ2n) is 6.52. The molecule has 1 aromatic rings. The Morgan fingerprint density at radius 1 is 1.29 bits per heavy atom. The van der Waals surface area contributed by atoms with Crippen LogP contribution in [-0.2, 0) is 9.53 Å². The zero-order valence-corrected chi connectivity index (χ0v) is 15.6. The van der Waals surface area contributed by atoms with Crippen LogP contribution in [0, 0.1) is 19.3 Å². The number of piperidine rings is 1. The highest BCUT2D eigenvalue weighted by molar-refractivity contribution is 5.85. The number of halogens is 1. The normalized spacial score (nSPS) is 16.1. The topological polar surface area (TPSA) is 59.6 Å². The van der Waals surface area contributed by atoms with Gasteiger partial charge in [0.25, 0.3) is 5.91 Å². The van der Waals surface area contributed by atoms with Gasteiger partial charge in [-0.1, -0.05) is 17.7 Å². The van der Waals surface area contributed by atoms with E-state index in [0.717, 1.165) is 37.2 Å². The highest BCUT2D eigenvalue weighted by Crippen LogP contribution is 2.28. The zero-order chi connectivity index (χ0) is 16.7. The molecule has 6 heteroatoms. The molecule has 1 aliphatic rings. The highest BCUT2D eigenvalue weighted by atomic mass is 35.5. The zero-order valence-electron chi connectivity index (χ0n) is 14.8. The van der Waals surface area contributed by atoms with Crippen LogP contribution in [0.5, 0.6) is 5.75 Å². The SMILES string of the molecule is COCC1(CNC(=O)COc2ccc(C)cc2C)CCNCC1.Cl. The van der Waals surface area contributed by atoms with Crippen LogP contribution in [0.2, 0.25) is 0 Å². The third kappa shape index (κ3) is 5.96. The number of methoxy groups -OCH3 is 1. The molecule has 0 radical (unpaired) electrons. The van der Waals surface area contributed by atoms with Crippen LogP contribution in [0.15, 0.2) is 18.2 Å². The summed E-state index contributed by atoms with van der Waals surface area (Å²) < 4.78 is 11.0. The van der Waals surface area contributed by atoms with Gasteiger partial charge >= 0.3 is 0 Å². The number of amides is 1. The van der Waals surface area contributed by atoms with Gasteiger partial charge in [0.2, 0.25) is 0 Å². The molecule has 1 aromatic carbocycles. The fraction of sp³-hybridized carbons (Fsp3) is 0.611. The van der Waals surface area contributed by atoms with E-state index in [0.29, 0.717) is 13.2 Å². The molecule has 1 aliphatic heterocycles. The molecule has 0 spiro atoms. The molecule has 1 fully saturated rings. The maximum Gasteiger partial charge on any atom is 0.257 e. The summed E-state index contributed by atoms with van der Waals surface area (Å²) in [5.74, 6) is 0.679. The van der Waals surface area contributed by atoms with Crippen molar-refractivity contribution in [3.05, 3.63) is 29.3 Å². The second kappa shape index (κ2) is 9.87. The van der Waals surface area contributed by atoms with E-state index in [-0.39, 0.29) is 30.3 Å². The number of carbonyl (C=O) groups excluding carboxylic acids is 1. The number of carbonyl (C=O) groups is 1. The predicted octanol–water partition coefficient (Wildman–Crippen LogP) is 2.24. The first kappa shape index (κ1) is 20.7. The quantitative estimate of drug-likeness (QED) is 0.786. The Morgan fingerprint density at radius 3 is 2.62 bits per heavy atom. The Bertz CT molecular complexity index is 525. The minimum atomic E-state index is -0.0843. The fourth-order valence-electron chi connectivity index (χ4n) is 3.08. The molecule has 136 valence electrons. The molecule has 2 N–H and O–H groups in total. The van der Waals surface area contributed by atoms with Crippen LogP contribution in [0.1, 0.15) is 24.0 Å². The van der Waals surface area contributed by atoms with Crippen molar-refractivity contribution in [3.63, 3.8) is 0 Å². The standard InChI is InChI=1S/C18H28N2O3.ClH/c1-14-4-5-16(15(2)10-14)23-11-17(21)20-12-18(13-22-3)6-8-19-9-7-18;/h4-5,10,19H,6-9,11-13H2,1-3H3,(H,20,21);1H. The average molecular weight is 357 g/mol. The molecule has 1 saturated heterocycles. The van der Waals surface area contributed by atoms with E-state index in [1.165, 1.54) is 5.56 Å². The van der Waals surface area contributed by atoms with Crippen LogP contribution in [0.3, 0.4) is 0 Å². The molecule has 0 atom stereocenters. The molecule has 0 bridgehead atoms. The molecular weight excluding hydrogens is 328 g/mol. The van der Waals surface area contributed by atoms with Gasteiger partial charge in [0.05, 0.1) is 6.61 Å². The molecule has 2 rings (SSSR count). The van der Waals surface area contributed by atoms with Crippen LogP contribution >= 0.6 is 12.4 Å². The molecular formula is C18H29ClN2O3. The molecule has 1 heterocycles. The molecule has 0 aliphatic carbocycles. The minimum Gasteiger partial charge on any atom is -0.484 e. The van der Waals surface area contributed by atoms with Gasteiger partial charge in [-0.15, -0.1) is 12.4 Å². The summed E-state index contributed by atoms with van der Waals surface area (Å²) in [7, 11) is 1.72. The minimum absolute atomic E-state index is 0. The summed E-state index contributed by atoms with van der Waals surface area (Å²) in [4.78, 5) is 12.1. The third-order valence-electron chi connectivity index (χ3n) is 4.46. The largest absolute Gasteiger partial charge is 0.484 e. The van der Waals surface area contributed by atoms with E-state index in [1.807, 2.05) is 26.0 Å². The van der Waals surface area contributed by atoms with E-state index in [9.17, 15) is 4.79 Å². The molecule has 1 amide bonds. The third-order valence-corrected chi connectivity index (χ3v) is 4.46. The van der Waals surface area contributed by atoms with Crippen molar-refractivity contribution in [1.82, 2.24) is 10.6 Å². The molecule has 24 heavy (non-hydrogen) atoms. The monoisotopic (exact) mass is 356 g/mol. The lowest BCUT2D eigenvalue weighted by atomic mass is 9.79. The van der Waals surface area contributed by atoms with Crippen LogP contribution < -0.4 is 15.4 Å². The Morgan fingerprint density at radius 2 is 2.00 bits per heavy atom. The van der Waals surface area contributed by atoms with Gasteiger partial charge < -0.3 is 20.1 Å². The van der Waals surface area contributed by atoms with E-state index in [2.05, 4.69) is 16.7 Å². The van der Waals surface area contributed by atoms with Crippen molar-refractivity contribution < 1.29 is 14.3 Å². The lowest BCUT2D eigenvalue weighted by molar-refractivity contribution is -0.124. The summed E-state index contributed by atoms with van der Waals surface area (Å²) in [6.45, 7) is 7.33. The van der Waals surface area contributed by atoms with Crippen molar-refractivity contribution in [3.8, 4) is 5.75 Å². The van der Waals surface area contributed by atoms with E-state index >= 15 is 0 Å². The van der Waals surface area contributed by atoms with Gasteiger partial charge in [0.1, 0.15) is 5.75 Å². The Hall–Kier alpha value is -1.30. The Balaban J connectivity index is 0.00000288. The fourth-order valence-corrected chi connectivity index (χ4v) is 3.08. The first-order valence-electron chi connectivity index (χ1n) is 8.21. The number of nitrogens with one attached hydrogen (secondary N) is 2. The number of aryl methyl sites for hydroxylation is 2. The number of hydrogen-bond donors (Lipinski definition) is 2. The number of hydrogen-bond acceptors (Lipinski definition) is 4. The first-order valence-corrected chi connectivity index (χ1v) is 8.21. The van der Waals surface area contributed by atoms with Gasteiger partial charge in [-0.25, -0.2) is 0 Å². The highest BCUT2D eigenvalue weighted by Gasteiger charge is 2.32. The molecule has 5 nitrogen and oxygen atoms in total. The van der Waals surface area contributed by atoms with Crippen molar-refractivity contribution in [1.29, 1.82) is 0 Å². The molecule has 0 aromatic heterocycles. The lowest BCUT2D eigenvalue weighted by Crippen LogP contribution is -2.47. The van der Waals surface area contributed by atoms with Crippen molar-refractivity contribution >= 4 is 18.3 Å². The van der Waals surface area contributed by atoms with Crippen LogP contribution in [0.25, 0.3) is 0 Å². The number of rotatable bonds is 7. The molecule has 0 unspecified atom stereocenters. The van der Waals surface area contributed by atoms with Gasteiger partial charge in [-0.05, 0) is 51.4 Å².